The molecule has 1 saturated carbocycles. The van der Waals surface area contributed by atoms with Gasteiger partial charge in [0.15, 0.2) is 0 Å². The summed E-state index contributed by atoms with van der Waals surface area (Å²) in [5.41, 5.74) is 2.77. The van der Waals surface area contributed by atoms with Gasteiger partial charge >= 0.3 is 0 Å². The first-order chi connectivity index (χ1) is 8.25. The molecule has 88 valence electrons. The zero-order valence-electron chi connectivity index (χ0n) is 9.92. The van der Waals surface area contributed by atoms with Crippen LogP contribution in [-0.4, -0.2) is 17.4 Å². The number of carbonyl (C=O) groups excluding carboxylic acids is 1. The largest absolute Gasteiger partial charge is 0.358 e. The lowest BCUT2D eigenvalue weighted by Crippen LogP contribution is -2.25. The van der Waals surface area contributed by atoms with E-state index in [1.165, 1.54) is 12.8 Å². The van der Waals surface area contributed by atoms with Crippen LogP contribution < -0.4 is 5.32 Å². The molecule has 17 heavy (non-hydrogen) atoms. The van der Waals surface area contributed by atoms with Gasteiger partial charge in [-0.3, -0.25) is 4.79 Å². The summed E-state index contributed by atoms with van der Waals surface area (Å²) in [7, 11) is 0. The van der Waals surface area contributed by atoms with Crippen LogP contribution in [0, 0.1) is 12.8 Å². The average Bonchev–Trinajstić information content (AvgIpc) is 3.07. The Bertz CT molecular complexity index is 567. The number of hydrogen-bond donors (Lipinski definition) is 2. The van der Waals surface area contributed by atoms with E-state index in [0.29, 0.717) is 5.92 Å². The van der Waals surface area contributed by atoms with Crippen LogP contribution in [0.1, 0.15) is 28.9 Å². The number of nitrogens with one attached hydrogen (secondary N) is 2. The predicted octanol–water partition coefficient (Wildman–Crippen LogP) is 2.62. The third-order valence-corrected chi connectivity index (χ3v) is 3.37. The van der Waals surface area contributed by atoms with E-state index < -0.39 is 0 Å². The first kappa shape index (κ1) is 10.4. The van der Waals surface area contributed by atoms with E-state index in [-0.39, 0.29) is 5.91 Å². The summed E-state index contributed by atoms with van der Waals surface area (Å²) in [6.45, 7) is 2.77. The molecule has 3 nitrogen and oxygen atoms in total. The molecule has 1 aliphatic carbocycles. The van der Waals surface area contributed by atoms with Crippen LogP contribution in [0.4, 0.5) is 0 Å². The molecule has 0 unspecified atom stereocenters. The summed E-state index contributed by atoms with van der Waals surface area (Å²) in [5, 5.41) is 4.03. The molecular weight excluding hydrogens is 212 g/mol. The van der Waals surface area contributed by atoms with Crippen LogP contribution in [0.3, 0.4) is 0 Å². The molecule has 1 aromatic carbocycles. The quantitative estimate of drug-likeness (QED) is 0.833. The molecule has 1 aromatic heterocycles. The summed E-state index contributed by atoms with van der Waals surface area (Å²) in [5.74, 6) is 0.760. The summed E-state index contributed by atoms with van der Waals surface area (Å²) in [6.07, 6.45) is 2.51. The van der Waals surface area contributed by atoms with E-state index in [1.54, 1.807) is 0 Å². The normalized spacial score (nSPS) is 15.1. The van der Waals surface area contributed by atoms with Crippen LogP contribution in [0.2, 0.25) is 0 Å². The van der Waals surface area contributed by atoms with Crippen molar-refractivity contribution in [2.45, 2.75) is 19.8 Å². The number of fused-ring (bicyclic) bond motifs is 1. The SMILES string of the molecule is Cc1[nH]c2ccccc2c1C(=O)NCC1CC1. The van der Waals surface area contributed by atoms with Crippen molar-refractivity contribution in [3.8, 4) is 0 Å². The van der Waals surface area contributed by atoms with Gasteiger partial charge in [0, 0.05) is 23.1 Å². The molecule has 0 aliphatic heterocycles. The van der Waals surface area contributed by atoms with Crippen LogP contribution in [0.5, 0.6) is 0 Å². The lowest BCUT2D eigenvalue weighted by atomic mass is 10.1. The van der Waals surface area contributed by atoms with Crippen LogP contribution >= 0.6 is 0 Å². The summed E-state index contributed by atoms with van der Waals surface area (Å²) in [6, 6.07) is 7.93. The molecule has 1 amide bonds. The van der Waals surface area contributed by atoms with E-state index in [1.807, 2.05) is 31.2 Å². The van der Waals surface area contributed by atoms with E-state index >= 15 is 0 Å². The number of benzene rings is 1. The van der Waals surface area contributed by atoms with Crippen molar-refractivity contribution in [3.05, 3.63) is 35.5 Å². The molecule has 0 spiro atoms. The molecular formula is C14H16N2O. The fourth-order valence-corrected chi connectivity index (χ4v) is 2.22. The maximum absolute atomic E-state index is 12.1. The Morgan fingerprint density at radius 1 is 1.41 bits per heavy atom. The van der Waals surface area contributed by atoms with E-state index in [9.17, 15) is 4.79 Å². The fraction of sp³-hybridized carbons (Fsp3) is 0.357. The van der Waals surface area contributed by atoms with Crippen molar-refractivity contribution >= 4 is 16.8 Å². The zero-order valence-corrected chi connectivity index (χ0v) is 9.92. The second-order valence-corrected chi connectivity index (χ2v) is 4.82. The van der Waals surface area contributed by atoms with Gasteiger partial charge < -0.3 is 10.3 Å². The zero-order chi connectivity index (χ0) is 11.8. The number of hydrogen-bond acceptors (Lipinski definition) is 1. The monoisotopic (exact) mass is 228 g/mol. The van der Waals surface area contributed by atoms with Gasteiger partial charge in [-0.1, -0.05) is 18.2 Å². The molecule has 3 rings (SSSR count). The van der Waals surface area contributed by atoms with Crippen molar-refractivity contribution in [3.63, 3.8) is 0 Å². The van der Waals surface area contributed by atoms with Gasteiger partial charge in [-0.2, -0.15) is 0 Å². The highest BCUT2D eigenvalue weighted by Gasteiger charge is 2.23. The number of aromatic nitrogens is 1. The maximum atomic E-state index is 12.1. The van der Waals surface area contributed by atoms with Gasteiger partial charge in [0.05, 0.1) is 5.56 Å². The van der Waals surface area contributed by atoms with Crippen molar-refractivity contribution in [1.29, 1.82) is 0 Å². The molecule has 1 fully saturated rings. The second kappa shape index (κ2) is 3.91. The number of rotatable bonds is 3. The molecule has 2 N–H and O–H groups in total. The summed E-state index contributed by atoms with van der Waals surface area (Å²) < 4.78 is 0. The minimum absolute atomic E-state index is 0.0480. The average molecular weight is 228 g/mol. The first-order valence-corrected chi connectivity index (χ1v) is 6.11. The Hall–Kier alpha value is -1.77. The van der Waals surface area contributed by atoms with Gasteiger partial charge in [0.1, 0.15) is 0 Å². The van der Waals surface area contributed by atoms with Gasteiger partial charge in [-0.25, -0.2) is 0 Å². The molecule has 0 saturated heterocycles. The molecule has 0 atom stereocenters. The highest BCUT2D eigenvalue weighted by atomic mass is 16.1. The van der Waals surface area contributed by atoms with Gasteiger partial charge in [-0.05, 0) is 31.7 Å². The highest BCUT2D eigenvalue weighted by Crippen LogP contribution is 2.28. The van der Waals surface area contributed by atoms with Crippen LogP contribution in [0.25, 0.3) is 10.9 Å². The predicted molar refractivity (Wildman–Crippen MR) is 68.1 cm³/mol. The van der Waals surface area contributed by atoms with Crippen molar-refractivity contribution in [1.82, 2.24) is 10.3 Å². The third-order valence-electron chi connectivity index (χ3n) is 3.37. The Labute approximate surface area is 100 Å². The van der Waals surface area contributed by atoms with Crippen LogP contribution in [-0.2, 0) is 0 Å². The van der Waals surface area contributed by atoms with E-state index in [0.717, 1.165) is 28.7 Å². The molecule has 0 bridgehead atoms. The van der Waals surface area contributed by atoms with E-state index in [4.69, 9.17) is 0 Å². The summed E-state index contributed by atoms with van der Waals surface area (Å²) in [4.78, 5) is 15.4. The van der Waals surface area contributed by atoms with Crippen molar-refractivity contribution < 1.29 is 4.79 Å². The van der Waals surface area contributed by atoms with Crippen molar-refractivity contribution in [2.75, 3.05) is 6.54 Å². The number of para-hydroxylation sites is 1. The number of carbonyl (C=O) groups is 1. The molecule has 0 radical (unpaired) electrons. The van der Waals surface area contributed by atoms with Gasteiger partial charge in [0.2, 0.25) is 0 Å². The molecule has 2 aromatic rings. The molecule has 1 aliphatic rings. The maximum Gasteiger partial charge on any atom is 0.253 e. The Kier molecular flexibility index (Phi) is 2.39. The Morgan fingerprint density at radius 2 is 2.18 bits per heavy atom. The minimum Gasteiger partial charge on any atom is -0.358 e. The lowest BCUT2D eigenvalue weighted by Gasteiger charge is -2.03. The Morgan fingerprint density at radius 3 is 2.94 bits per heavy atom. The smallest absolute Gasteiger partial charge is 0.253 e. The Balaban J connectivity index is 1.91. The lowest BCUT2D eigenvalue weighted by molar-refractivity contribution is 0.0953. The molecule has 3 heteroatoms. The second-order valence-electron chi connectivity index (χ2n) is 4.82. The van der Waals surface area contributed by atoms with Crippen molar-refractivity contribution in [2.24, 2.45) is 5.92 Å². The van der Waals surface area contributed by atoms with Gasteiger partial charge in [-0.15, -0.1) is 0 Å². The van der Waals surface area contributed by atoms with Crippen LogP contribution in [0.15, 0.2) is 24.3 Å². The topological polar surface area (TPSA) is 44.9 Å². The number of H-pyrrole nitrogens is 1. The minimum atomic E-state index is 0.0480. The number of amides is 1. The fourth-order valence-electron chi connectivity index (χ4n) is 2.22. The standard InChI is InChI=1S/C14H16N2O/c1-9-13(14(17)15-8-10-6-7-10)11-4-2-3-5-12(11)16-9/h2-5,10,16H,6-8H2,1H3,(H,15,17). The third kappa shape index (κ3) is 1.93. The van der Waals surface area contributed by atoms with Gasteiger partial charge in [0.25, 0.3) is 5.91 Å². The molecule has 1 heterocycles. The summed E-state index contributed by atoms with van der Waals surface area (Å²) >= 11 is 0. The highest BCUT2D eigenvalue weighted by molar-refractivity contribution is 6.08. The van der Waals surface area contributed by atoms with E-state index in [2.05, 4.69) is 10.3 Å². The number of aromatic amines is 1. The first-order valence-electron chi connectivity index (χ1n) is 6.11. The number of aryl methyl sites for hydroxylation is 1.